The molecule has 0 saturated carbocycles. The van der Waals surface area contributed by atoms with E-state index < -0.39 is 5.97 Å². The fourth-order valence-electron chi connectivity index (χ4n) is 2.94. The number of furan rings is 1. The lowest BCUT2D eigenvalue weighted by Crippen LogP contribution is -2.01. The summed E-state index contributed by atoms with van der Waals surface area (Å²) in [4.78, 5) is 16.6. The summed E-state index contributed by atoms with van der Waals surface area (Å²) >= 11 is 13.6. The van der Waals surface area contributed by atoms with E-state index in [9.17, 15) is 9.90 Å². The van der Waals surface area contributed by atoms with Crippen LogP contribution in [-0.4, -0.2) is 16.1 Å². The smallest absolute Gasteiger partial charge is 0.355 e. The first kappa shape index (κ1) is 20.4. The number of rotatable bonds is 6. The van der Waals surface area contributed by atoms with Crippen molar-refractivity contribution in [1.29, 1.82) is 0 Å². The van der Waals surface area contributed by atoms with Gasteiger partial charge in [0.2, 0.25) is 0 Å². The predicted octanol–water partition coefficient (Wildman–Crippen LogP) is 7.17. The molecule has 150 valence electrons. The summed E-state index contributed by atoms with van der Waals surface area (Å²) in [6.45, 7) is 0. The van der Waals surface area contributed by atoms with Crippen molar-refractivity contribution in [3.05, 3.63) is 97.6 Å². The van der Waals surface area contributed by atoms with Crippen LogP contribution in [0.1, 0.15) is 31.7 Å². The molecule has 0 fully saturated rings. The Bertz CT molecular complexity index is 1230. The second-order valence-electron chi connectivity index (χ2n) is 6.45. The van der Waals surface area contributed by atoms with Crippen molar-refractivity contribution in [2.75, 3.05) is 0 Å². The fraction of sp³-hybridized carbons (Fsp3) is 0.0435. The normalized spacial score (nSPS) is 11.3. The molecule has 4 nitrogen and oxygen atoms in total. The van der Waals surface area contributed by atoms with Gasteiger partial charge in [-0.25, -0.2) is 9.78 Å². The monoisotopic (exact) mass is 455 g/mol. The lowest BCUT2D eigenvalue weighted by atomic mass is 10.1. The molecule has 2 aromatic carbocycles. The zero-order chi connectivity index (χ0) is 21.1. The molecule has 0 amide bonds. The first-order valence-corrected chi connectivity index (χ1v) is 10.6. The minimum atomic E-state index is -1.03. The van der Waals surface area contributed by atoms with Gasteiger partial charge >= 0.3 is 5.97 Å². The van der Waals surface area contributed by atoms with Gasteiger partial charge in [-0.2, -0.15) is 0 Å². The average Bonchev–Trinajstić information content (AvgIpc) is 3.36. The maximum Gasteiger partial charge on any atom is 0.355 e. The molecule has 30 heavy (non-hydrogen) atoms. The Morgan fingerprint density at radius 1 is 1.07 bits per heavy atom. The van der Waals surface area contributed by atoms with Crippen molar-refractivity contribution in [3.8, 4) is 11.3 Å². The number of hydrogen-bond donors (Lipinski definition) is 1. The molecular weight excluding hydrogens is 441 g/mol. The van der Waals surface area contributed by atoms with Crippen LogP contribution in [0.25, 0.3) is 23.5 Å². The molecule has 0 bridgehead atoms. The zero-order valence-corrected chi connectivity index (χ0v) is 17.8. The largest absolute Gasteiger partial charge is 0.476 e. The minimum Gasteiger partial charge on any atom is -0.476 e. The summed E-state index contributed by atoms with van der Waals surface area (Å²) in [6.07, 6.45) is 4.01. The van der Waals surface area contributed by atoms with Crippen molar-refractivity contribution in [1.82, 2.24) is 4.98 Å². The van der Waals surface area contributed by atoms with Gasteiger partial charge in [0.05, 0.1) is 5.02 Å². The number of thiazole rings is 1. The summed E-state index contributed by atoms with van der Waals surface area (Å²) in [5, 5.41) is 11.2. The molecule has 2 heterocycles. The van der Waals surface area contributed by atoms with Gasteiger partial charge in [-0.3, -0.25) is 0 Å². The number of aromatic carboxylic acids is 1. The van der Waals surface area contributed by atoms with E-state index in [0.29, 0.717) is 43.4 Å². The molecule has 0 aliphatic rings. The highest BCUT2D eigenvalue weighted by Gasteiger charge is 2.17. The van der Waals surface area contributed by atoms with Crippen molar-refractivity contribution in [3.63, 3.8) is 0 Å². The van der Waals surface area contributed by atoms with Crippen LogP contribution in [-0.2, 0) is 6.42 Å². The highest BCUT2D eigenvalue weighted by molar-refractivity contribution is 7.12. The van der Waals surface area contributed by atoms with E-state index in [0.717, 1.165) is 5.56 Å². The number of nitrogens with zero attached hydrogens (tertiary/aromatic N) is 1. The van der Waals surface area contributed by atoms with E-state index in [2.05, 4.69) is 4.98 Å². The molecular formula is C23H15Cl2NO3S. The summed E-state index contributed by atoms with van der Waals surface area (Å²) in [5.41, 5.74) is 1.82. The number of carboxylic acid groups (broad SMARTS) is 1. The zero-order valence-electron chi connectivity index (χ0n) is 15.5. The van der Waals surface area contributed by atoms with Gasteiger partial charge in [-0.1, -0.05) is 53.5 Å². The van der Waals surface area contributed by atoms with Gasteiger partial charge < -0.3 is 9.52 Å². The van der Waals surface area contributed by atoms with Gasteiger partial charge in [-0.05, 0) is 48.0 Å². The number of halogens is 2. The Morgan fingerprint density at radius 3 is 2.63 bits per heavy atom. The van der Waals surface area contributed by atoms with Gasteiger partial charge in [0.1, 0.15) is 16.5 Å². The Hall–Kier alpha value is -2.86. The number of aromatic nitrogens is 1. The Balaban J connectivity index is 1.57. The van der Waals surface area contributed by atoms with E-state index in [4.69, 9.17) is 27.6 Å². The second kappa shape index (κ2) is 8.88. The van der Waals surface area contributed by atoms with Crippen molar-refractivity contribution in [2.45, 2.75) is 6.42 Å². The van der Waals surface area contributed by atoms with Crippen LogP contribution in [0.2, 0.25) is 10.0 Å². The molecule has 0 spiro atoms. The third-order valence-electron chi connectivity index (χ3n) is 4.33. The third kappa shape index (κ3) is 4.65. The van der Waals surface area contributed by atoms with Crippen molar-refractivity contribution >= 4 is 52.7 Å². The van der Waals surface area contributed by atoms with E-state index in [1.165, 1.54) is 11.3 Å². The van der Waals surface area contributed by atoms with Crippen molar-refractivity contribution in [2.24, 2.45) is 0 Å². The Kier molecular flexibility index (Phi) is 6.04. The third-order valence-corrected chi connectivity index (χ3v) is 5.92. The van der Waals surface area contributed by atoms with Crippen LogP contribution in [0.3, 0.4) is 0 Å². The minimum absolute atomic E-state index is 0.0781. The Morgan fingerprint density at radius 2 is 1.87 bits per heavy atom. The maximum absolute atomic E-state index is 11.6. The van der Waals surface area contributed by atoms with Gasteiger partial charge in [0.25, 0.3) is 0 Å². The van der Waals surface area contributed by atoms with Crippen LogP contribution in [0.4, 0.5) is 0 Å². The number of benzene rings is 2. The van der Waals surface area contributed by atoms with Gasteiger partial charge in [0.15, 0.2) is 5.69 Å². The molecule has 1 N–H and O–H groups in total. The maximum atomic E-state index is 11.6. The lowest BCUT2D eigenvalue weighted by molar-refractivity contribution is 0.0690. The van der Waals surface area contributed by atoms with Gasteiger partial charge in [0, 0.05) is 21.9 Å². The van der Waals surface area contributed by atoms with Crippen LogP contribution in [0.5, 0.6) is 0 Å². The molecule has 0 radical (unpaired) electrons. The van der Waals surface area contributed by atoms with E-state index in [1.807, 2.05) is 36.4 Å². The number of hydrogen-bond acceptors (Lipinski definition) is 4. The second-order valence-corrected chi connectivity index (χ2v) is 8.41. The highest BCUT2D eigenvalue weighted by atomic mass is 35.5. The van der Waals surface area contributed by atoms with Crippen LogP contribution >= 0.6 is 34.5 Å². The standard InChI is InChI=1S/C23H15Cl2NO3S/c24-15-6-9-18(25)17(13-15)19-10-7-16(29-19)8-11-21-26-22(23(27)28)20(30-21)12-14-4-2-1-3-5-14/h1-11,13H,12H2,(H,27,28)/b11-8-. The number of carbonyl (C=O) groups is 1. The molecule has 0 saturated heterocycles. The SMILES string of the molecule is O=C(O)c1nc(/C=C\c2ccc(-c3cc(Cl)ccc3Cl)o2)sc1Cc1ccccc1. The first-order chi connectivity index (χ1) is 14.5. The molecule has 0 aliphatic carbocycles. The number of carboxylic acids is 1. The molecule has 2 aromatic heterocycles. The van der Waals surface area contributed by atoms with E-state index in [-0.39, 0.29) is 5.69 Å². The lowest BCUT2D eigenvalue weighted by Gasteiger charge is -2.00. The van der Waals surface area contributed by atoms with Crippen molar-refractivity contribution < 1.29 is 14.3 Å². The van der Waals surface area contributed by atoms with Crippen LogP contribution < -0.4 is 0 Å². The van der Waals surface area contributed by atoms with Crippen LogP contribution in [0, 0.1) is 0 Å². The molecule has 7 heteroatoms. The molecule has 0 atom stereocenters. The molecule has 0 aliphatic heterocycles. The van der Waals surface area contributed by atoms with E-state index in [1.54, 1.807) is 36.4 Å². The van der Waals surface area contributed by atoms with Crippen LogP contribution in [0.15, 0.2) is 65.1 Å². The quantitative estimate of drug-likeness (QED) is 0.334. The first-order valence-electron chi connectivity index (χ1n) is 9.00. The van der Waals surface area contributed by atoms with E-state index >= 15 is 0 Å². The average molecular weight is 456 g/mol. The Labute approximate surface area is 187 Å². The topological polar surface area (TPSA) is 63.3 Å². The summed E-state index contributed by atoms with van der Waals surface area (Å²) in [6, 6.07) is 18.5. The summed E-state index contributed by atoms with van der Waals surface area (Å²) in [7, 11) is 0. The molecule has 0 unspecified atom stereocenters. The molecule has 4 aromatic rings. The predicted molar refractivity (Wildman–Crippen MR) is 121 cm³/mol. The summed E-state index contributed by atoms with van der Waals surface area (Å²) < 4.78 is 5.84. The fourth-order valence-corrected chi connectivity index (χ4v) is 4.31. The highest BCUT2D eigenvalue weighted by Crippen LogP contribution is 2.32. The van der Waals surface area contributed by atoms with Gasteiger partial charge in [-0.15, -0.1) is 11.3 Å². The molecule has 4 rings (SSSR count). The summed E-state index contributed by atoms with van der Waals surface area (Å²) in [5.74, 6) is 0.155.